The van der Waals surface area contributed by atoms with Gasteiger partial charge in [-0.1, -0.05) is 72.3 Å². The molecule has 1 nitrogen and oxygen atoms in total. The number of para-hydroxylation sites is 1. The molecule has 2 heteroatoms. The van der Waals surface area contributed by atoms with Gasteiger partial charge in [0.25, 0.3) is 0 Å². The summed E-state index contributed by atoms with van der Waals surface area (Å²) in [6, 6.07) is 26.1. The van der Waals surface area contributed by atoms with E-state index in [1.54, 1.807) is 0 Å². The number of nitrogens with zero attached hydrogens (tertiary/aromatic N) is 1. The lowest BCUT2D eigenvalue weighted by atomic mass is 10.0. The minimum atomic E-state index is 0.733. The van der Waals surface area contributed by atoms with Gasteiger partial charge in [0, 0.05) is 16.8 Å². The molecule has 0 heterocycles. The van der Waals surface area contributed by atoms with Gasteiger partial charge in [0.15, 0.2) is 0 Å². The highest BCUT2D eigenvalue weighted by molar-refractivity contribution is 6.30. The van der Waals surface area contributed by atoms with Crippen molar-refractivity contribution >= 4 is 23.5 Å². The number of hydrogen-bond acceptors (Lipinski definition) is 1. The van der Waals surface area contributed by atoms with Crippen LogP contribution in [0.1, 0.15) is 5.56 Å². The van der Waals surface area contributed by atoms with Crippen LogP contribution < -0.4 is 0 Å². The van der Waals surface area contributed by atoms with E-state index in [0.717, 1.165) is 21.8 Å². The van der Waals surface area contributed by atoms with Gasteiger partial charge >= 0.3 is 0 Å². The van der Waals surface area contributed by atoms with E-state index in [4.69, 9.17) is 11.6 Å². The monoisotopic (exact) mass is 291 g/mol. The fourth-order valence-electron chi connectivity index (χ4n) is 2.14. The molecule has 0 fully saturated rings. The van der Waals surface area contributed by atoms with Crippen LogP contribution in [0.2, 0.25) is 5.02 Å². The molecule has 3 aromatic carbocycles. The summed E-state index contributed by atoms with van der Waals surface area (Å²) in [5.41, 5.74) is 4.28. The predicted octanol–water partition coefficient (Wildman–Crippen LogP) is 5.76. The molecule has 0 aliphatic carbocycles. The van der Waals surface area contributed by atoms with Crippen LogP contribution in [-0.2, 0) is 0 Å². The molecule has 3 aromatic rings. The Labute approximate surface area is 129 Å². The summed E-state index contributed by atoms with van der Waals surface area (Å²) >= 11 is 5.89. The second-order valence-electron chi connectivity index (χ2n) is 4.69. The van der Waals surface area contributed by atoms with Crippen molar-refractivity contribution in [1.82, 2.24) is 0 Å². The van der Waals surface area contributed by atoms with Crippen LogP contribution in [0.4, 0.5) is 5.69 Å². The summed E-state index contributed by atoms with van der Waals surface area (Å²) in [6.45, 7) is 0. The van der Waals surface area contributed by atoms with Gasteiger partial charge in [0.05, 0.1) is 5.69 Å². The first-order valence-corrected chi connectivity index (χ1v) is 7.15. The normalized spacial score (nSPS) is 10.9. The average Bonchev–Trinajstić information content (AvgIpc) is 2.55. The summed E-state index contributed by atoms with van der Waals surface area (Å²) in [5.74, 6) is 0. The molecule has 21 heavy (non-hydrogen) atoms. The highest BCUT2D eigenvalue weighted by Crippen LogP contribution is 2.29. The van der Waals surface area contributed by atoms with Crippen LogP contribution in [0.25, 0.3) is 11.1 Å². The number of hydrogen-bond donors (Lipinski definition) is 0. The number of rotatable bonds is 3. The number of benzene rings is 3. The van der Waals surface area contributed by atoms with Crippen molar-refractivity contribution in [2.45, 2.75) is 0 Å². The van der Waals surface area contributed by atoms with Crippen molar-refractivity contribution in [2.75, 3.05) is 0 Å². The predicted molar refractivity (Wildman–Crippen MR) is 90.6 cm³/mol. The Bertz CT molecular complexity index is 746. The molecule has 0 atom stereocenters. The van der Waals surface area contributed by atoms with Crippen molar-refractivity contribution in [3.05, 3.63) is 89.4 Å². The van der Waals surface area contributed by atoms with E-state index in [1.807, 2.05) is 66.9 Å². The van der Waals surface area contributed by atoms with Gasteiger partial charge in [-0.25, -0.2) is 0 Å². The lowest BCUT2D eigenvalue weighted by Gasteiger charge is -2.05. The van der Waals surface area contributed by atoms with Crippen molar-refractivity contribution < 1.29 is 0 Å². The summed E-state index contributed by atoms with van der Waals surface area (Å²) < 4.78 is 0. The van der Waals surface area contributed by atoms with Crippen LogP contribution in [0, 0.1) is 0 Å². The minimum Gasteiger partial charge on any atom is -0.256 e. The SMILES string of the molecule is Clc1ccc(C=Nc2ccccc2-c2ccccc2)cc1. The van der Waals surface area contributed by atoms with Crippen LogP contribution in [0.15, 0.2) is 83.9 Å². The van der Waals surface area contributed by atoms with Crippen molar-refractivity contribution in [3.63, 3.8) is 0 Å². The summed E-state index contributed by atoms with van der Waals surface area (Å²) in [5, 5.41) is 0.733. The van der Waals surface area contributed by atoms with Crippen molar-refractivity contribution in [2.24, 2.45) is 4.99 Å². The molecule has 102 valence electrons. The third-order valence-electron chi connectivity index (χ3n) is 3.21. The Morgan fingerprint density at radius 3 is 2.14 bits per heavy atom. The highest BCUT2D eigenvalue weighted by atomic mass is 35.5. The molecule has 0 amide bonds. The Balaban J connectivity index is 1.94. The highest BCUT2D eigenvalue weighted by Gasteiger charge is 2.02. The Morgan fingerprint density at radius 1 is 0.714 bits per heavy atom. The fourth-order valence-corrected chi connectivity index (χ4v) is 2.27. The molecule has 0 aromatic heterocycles. The maximum absolute atomic E-state index is 5.89. The van der Waals surface area contributed by atoms with E-state index in [-0.39, 0.29) is 0 Å². The van der Waals surface area contributed by atoms with E-state index in [1.165, 1.54) is 5.56 Å². The molecule has 0 bridgehead atoms. The van der Waals surface area contributed by atoms with Crippen LogP contribution in [0.3, 0.4) is 0 Å². The van der Waals surface area contributed by atoms with Crippen LogP contribution in [0.5, 0.6) is 0 Å². The third kappa shape index (κ3) is 3.39. The summed E-state index contributed by atoms with van der Waals surface area (Å²) in [6.07, 6.45) is 1.86. The smallest absolute Gasteiger partial charge is 0.0708 e. The van der Waals surface area contributed by atoms with Crippen LogP contribution in [-0.4, -0.2) is 6.21 Å². The molecular weight excluding hydrogens is 278 g/mol. The first-order valence-electron chi connectivity index (χ1n) is 6.77. The number of halogens is 1. The van der Waals surface area contributed by atoms with Gasteiger partial charge in [0.2, 0.25) is 0 Å². The van der Waals surface area contributed by atoms with E-state index < -0.39 is 0 Å². The summed E-state index contributed by atoms with van der Waals surface area (Å²) in [7, 11) is 0. The summed E-state index contributed by atoms with van der Waals surface area (Å²) in [4.78, 5) is 4.61. The molecule has 0 radical (unpaired) electrons. The quantitative estimate of drug-likeness (QED) is 0.544. The molecule has 0 saturated heterocycles. The van der Waals surface area contributed by atoms with Crippen molar-refractivity contribution in [1.29, 1.82) is 0 Å². The lowest BCUT2D eigenvalue weighted by Crippen LogP contribution is -1.82. The number of aliphatic imine (C=N–C) groups is 1. The van der Waals surface area contributed by atoms with Gasteiger partial charge < -0.3 is 0 Å². The van der Waals surface area contributed by atoms with Crippen molar-refractivity contribution in [3.8, 4) is 11.1 Å². The van der Waals surface area contributed by atoms with Gasteiger partial charge in [-0.15, -0.1) is 0 Å². The zero-order valence-electron chi connectivity index (χ0n) is 11.4. The standard InChI is InChI=1S/C19H14ClN/c20-17-12-10-15(11-13-17)14-21-19-9-5-4-8-18(19)16-6-2-1-3-7-16/h1-14H. The second kappa shape index (κ2) is 6.38. The van der Waals surface area contributed by atoms with E-state index in [9.17, 15) is 0 Å². The topological polar surface area (TPSA) is 12.4 Å². The van der Waals surface area contributed by atoms with Gasteiger partial charge in [-0.3, -0.25) is 4.99 Å². The maximum Gasteiger partial charge on any atom is 0.0708 e. The molecule has 0 saturated carbocycles. The largest absolute Gasteiger partial charge is 0.256 e. The average molecular weight is 292 g/mol. The molecule has 0 aliphatic heterocycles. The Kier molecular flexibility index (Phi) is 4.13. The molecule has 0 spiro atoms. The first-order chi connectivity index (χ1) is 10.3. The maximum atomic E-state index is 5.89. The van der Waals surface area contributed by atoms with E-state index in [2.05, 4.69) is 23.2 Å². The van der Waals surface area contributed by atoms with Gasteiger partial charge in [0.1, 0.15) is 0 Å². The fraction of sp³-hybridized carbons (Fsp3) is 0. The van der Waals surface area contributed by atoms with E-state index >= 15 is 0 Å². The molecule has 0 N–H and O–H groups in total. The Hall–Kier alpha value is -2.38. The zero-order chi connectivity index (χ0) is 14.5. The second-order valence-corrected chi connectivity index (χ2v) is 5.13. The molecule has 0 aliphatic rings. The van der Waals surface area contributed by atoms with Gasteiger partial charge in [-0.2, -0.15) is 0 Å². The molecule has 0 unspecified atom stereocenters. The third-order valence-corrected chi connectivity index (χ3v) is 3.46. The molecule has 3 rings (SSSR count). The zero-order valence-corrected chi connectivity index (χ0v) is 12.2. The Morgan fingerprint density at radius 2 is 1.38 bits per heavy atom. The lowest BCUT2D eigenvalue weighted by molar-refractivity contribution is 1.51. The molecular formula is C19H14ClN. The van der Waals surface area contributed by atoms with E-state index in [0.29, 0.717) is 0 Å². The minimum absolute atomic E-state index is 0.733. The first kappa shape index (κ1) is 13.6. The van der Waals surface area contributed by atoms with Crippen LogP contribution >= 0.6 is 11.6 Å². The van der Waals surface area contributed by atoms with Gasteiger partial charge in [-0.05, 0) is 29.3 Å².